The van der Waals surface area contributed by atoms with E-state index in [1.165, 1.54) is 6.08 Å². The lowest BCUT2D eigenvalue weighted by atomic mass is 10.1. The Balaban J connectivity index is 1.64. The third-order valence-corrected chi connectivity index (χ3v) is 4.62. The molecular formula is C23H22N4O2. The second-order valence-electron chi connectivity index (χ2n) is 6.53. The number of carbonyl (C=O) groups is 2. The van der Waals surface area contributed by atoms with Gasteiger partial charge in [-0.25, -0.2) is 0 Å². The van der Waals surface area contributed by atoms with Gasteiger partial charge in [-0.15, -0.1) is 0 Å². The van der Waals surface area contributed by atoms with Crippen molar-refractivity contribution >= 4 is 28.8 Å². The van der Waals surface area contributed by atoms with Crippen LogP contribution in [0.3, 0.4) is 0 Å². The van der Waals surface area contributed by atoms with Crippen molar-refractivity contribution in [2.45, 2.75) is 26.3 Å². The molecule has 1 aromatic heterocycles. The summed E-state index contributed by atoms with van der Waals surface area (Å²) < 4.78 is 2.00. The van der Waals surface area contributed by atoms with Crippen LogP contribution >= 0.6 is 0 Å². The monoisotopic (exact) mass is 386 g/mol. The molecule has 0 unspecified atom stereocenters. The summed E-state index contributed by atoms with van der Waals surface area (Å²) in [5.74, 6) is -0.806. The average molecular weight is 386 g/mol. The molecule has 2 N–H and O–H groups in total. The SMILES string of the molecule is CCc1ccc(C(=O)NNC(=O)/C=C/c2cn(CCC#N)c3ccccc23)cc1. The van der Waals surface area contributed by atoms with Crippen LogP contribution in [0.25, 0.3) is 17.0 Å². The summed E-state index contributed by atoms with van der Waals surface area (Å²) in [4.78, 5) is 24.2. The molecule has 0 aliphatic rings. The summed E-state index contributed by atoms with van der Waals surface area (Å²) in [5, 5.41) is 9.83. The predicted octanol–water partition coefficient (Wildman–Crippen LogP) is 3.59. The van der Waals surface area contributed by atoms with Crippen molar-refractivity contribution < 1.29 is 9.59 Å². The summed E-state index contributed by atoms with van der Waals surface area (Å²) in [6.45, 7) is 2.63. The quantitative estimate of drug-likeness (QED) is 0.501. The molecule has 3 rings (SSSR count). The Morgan fingerprint density at radius 3 is 2.59 bits per heavy atom. The highest BCUT2D eigenvalue weighted by atomic mass is 16.2. The Kier molecular flexibility index (Phi) is 6.43. The molecular weight excluding hydrogens is 364 g/mol. The maximum atomic E-state index is 12.1. The van der Waals surface area contributed by atoms with Crippen LogP contribution in [0.2, 0.25) is 0 Å². The highest BCUT2D eigenvalue weighted by molar-refractivity contribution is 5.99. The molecule has 1 heterocycles. The van der Waals surface area contributed by atoms with Crippen LogP contribution in [0.5, 0.6) is 0 Å². The zero-order valence-corrected chi connectivity index (χ0v) is 16.2. The van der Waals surface area contributed by atoms with Crippen LogP contribution in [-0.4, -0.2) is 16.4 Å². The number of carbonyl (C=O) groups excluding carboxylic acids is 2. The fraction of sp³-hybridized carbons (Fsp3) is 0.174. The number of fused-ring (bicyclic) bond motifs is 1. The molecule has 0 aliphatic carbocycles. The minimum Gasteiger partial charge on any atom is -0.346 e. The number of hydrogen-bond acceptors (Lipinski definition) is 3. The number of hydrazine groups is 1. The van der Waals surface area contributed by atoms with Crippen LogP contribution in [0.1, 0.15) is 34.8 Å². The molecule has 0 spiro atoms. The Bertz CT molecular complexity index is 1090. The molecule has 2 amide bonds. The Hall–Kier alpha value is -3.85. The smallest absolute Gasteiger partial charge is 0.269 e. The van der Waals surface area contributed by atoms with Crippen molar-refractivity contribution in [1.29, 1.82) is 5.26 Å². The van der Waals surface area contributed by atoms with Crippen LogP contribution in [-0.2, 0) is 17.8 Å². The van der Waals surface area contributed by atoms with Crippen molar-refractivity contribution in [3.05, 3.63) is 77.5 Å². The van der Waals surface area contributed by atoms with E-state index in [1.54, 1.807) is 18.2 Å². The number of benzene rings is 2. The van der Waals surface area contributed by atoms with Crippen molar-refractivity contribution in [2.24, 2.45) is 0 Å². The first-order valence-corrected chi connectivity index (χ1v) is 9.44. The topological polar surface area (TPSA) is 86.9 Å². The first kappa shape index (κ1) is 19.9. The third-order valence-electron chi connectivity index (χ3n) is 4.62. The lowest BCUT2D eigenvalue weighted by Crippen LogP contribution is -2.40. The number of rotatable bonds is 6. The zero-order chi connectivity index (χ0) is 20.6. The van der Waals surface area contributed by atoms with Gasteiger partial charge in [-0.2, -0.15) is 5.26 Å². The first-order valence-electron chi connectivity index (χ1n) is 9.44. The van der Waals surface area contributed by atoms with Gasteiger partial charge in [0.2, 0.25) is 0 Å². The van der Waals surface area contributed by atoms with Gasteiger partial charge in [0, 0.05) is 40.8 Å². The van der Waals surface area contributed by atoms with Gasteiger partial charge in [0.25, 0.3) is 11.8 Å². The van der Waals surface area contributed by atoms with E-state index in [9.17, 15) is 9.59 Å². The minimum atomic E-state index is -0.433. The Morgan fingerprint density at radius 2 is 1.86 bits per heavy atom. The number of aromatic nitrogens is 1. The fourth-order valence-electron chi connectivity index (χ4n) is 3.05. The highest BCUT2D eigenvalue weighted by Gasteiger charge is 2.08. The van der Waals surface area contributed by atoms with Crippen molar-refractivity contribution in [3.8, 4) is 6.07 Å². The Labute approximate surface area is 169 Å². The number of nitrogens with one attached hydrogen (secondary N) is 2. The van der Waals surface area contributed by atoms with Crippen molar-refractivity contribution in [2.75, 3.05) is 0 Å². The molecule has 146 valence electrons. The van der Waals surface area contributed by atoms with E-state index in [-0.39, 0.29) is 5.91 Å². The number of hydrogen-bond donors (Lipinski definition) is 2. The molecule has 0 bridgehead atoms. The van der Waals surface area contributed by atoms with Crippen molar-refractivity contribution in [1.82, 2.24) is 15.4 Å². The van der Waals surface area contributed by atoms with Gasteiger partial charge in [-0.3, -0.25) is 20.4 Å². The summed E-state index contributed by atoms with van der Waals surface area (Å²) in [7, 11) is 0. The lowest BCUT2D eigenvalue weighted by Gasteiger charge is -2.05. The summed E-state index contributed by atoms with van der Waals surface area (Å²) >= 11 is 0. The molecule has 0 atom stereocenters. The van der Waals surface area contributed by atoms with Gasteiger partial charge in [0.05, 0.1) is 12.5 Å². The van der Waals surface area contributed by atoms with Crippen LogP contribution in [0.4, 0.5) is 0 Å². The first-order chi connectivity index (χ1) is 14.1. The van der Waals surface area contributed by atoms with Gasteiger partial charge in [0.1, 0.15) is 0 Å². The van der Waals surface area contributed by atoms with Crippen LogP contribution in [0.15, 0.2) is 60.8 Å². The largest absolute Gasteiger partial charge is 0.346 e. The van der Waals surface area contributed by atoms with Crippen LogP contribution < -0.4 is 10.9 Å². The summed E-state index contributed by atoms with van der Waals surface area (Å²) in [5.41, 5.74) is 8.30. The highest BCUT2D eigenvalue weighted by Crippen LogP contribution is 2.22. The van der Waals surface area contributed by atoms with E-state index < -0.39 is 5.91 Å². The molecule has 0 aliphatic heterocycles. The molecule has 0 fully saturated rings. The number of nitrogens with zero attached hydrogens (tertiary/aromatic N) is 2. The second-order valence-corrected chi connectivity index (χ2v) is 6.53. The maximum Gasteiger partial charge on any atom is 0.269 e. The molecule has 3 aromatic rings. The van der Waals surface area contributed by atoms with E-state index in [2.05, 4.69) is 16.9 Å². The second kappa shape index (κ2) is 9.38. The summed E-state index contributed by atoms with van der Waals surface area (Å²) in [6, 6.07) is 17.2. The molecule has 0 radical (unpaired) electrons. The van der Waals surface area contributed by atoms with Gasteiger partial charge >= 0.3 is 0 Å². The average Bonchev–Trinajstić information content (AvgIpc) is 3.12. The van der Waals surface area contributed by atoms with Gasteiger partial charge in [0.15, 0.2) is 0 Å². The van der Waals surface area contributed by atoms with Gasteiger partial charge in [-0.1, -0.05) is 37.3 Å². The fourth-order valence-corrected chi connectivity index (χ4v) is 3.05. The van der Waals surface area contributed by atoms with E-state index in [4.69, 9.17) is 5.26 Å². The minimum absolute atomic E-state index is 0.373. The molecule has 2 aromatic carbocycles. The molecule has 6 heteroatoms. The van der Waals surface area contributed by atoms with Gasteiger partial charge in [-0.05, 0) is 36.3 Å². The van der Waals surface area contributed by atoms with E-state index in [0.717, 1.165) is 28.5 Å². The Morgan fingerprint density at radius 1 is 1.10 bits per heavy atom. The van der Waals surface area contributed by atoms with Gasteiger partial charge < -0.3 is 4.57 Å². The standard InChI is InChI=1S/C23H22N4O2/c1-2-17-8-10-18(11-9-17)23(29)26-25-22(28)13-12-19-16-27(15-5-14-24)21-7-4-3-6-20(19)21/h3-4,6-13,16H,2,5,15H2,1H3,(H,25,28)(H,26,29)/b13-12+. The molecule has 29 heavy (non-hydrogen) atoms. The zero-order valence-electron chi connectivity index (χ0n) is 16.2. The van der Waals surface area contributed by atoms with Crippen molar-refractivity contribution in [3.63, 3.8) is 0 Å². The summed E-state index contributed by atoms with van der Waals surface area (Å²) in [6.07, 6.45) is 6.29. The van der Waals surface area contributed by atoms with Crippen LogP contribution in [0, 0.1) is 11.3 Å². The predicted molar refractivity (Wildman–Crippen MR) is 113 cm³/mol. The number of aryl methyl sites for hydroxylation is 2. The maximum absolute atomic E-state index is 12.1. The number of amides is 2. The third kappa shape index (κ3) is 4.90. The number of nitriles is 1. The molecule has 0 saturated carbocycles. The van der Waals surface area contributed by atoms with E-state index in [1.807, 2.05) is 54.1 Å². The van der Waals surface area contributed by atoms with E-state index >= 15 is 0 Å². The molecule has 0 saturated heterocycles. The number of para-hydroxylation sites is 1. The normalized spacial score (nSPS) is 10.8. The lowest BCUT2D eigenvalue weighted by molar-refractivity contribution is -0.117. The molecule has 6 nitrogen and oxygen atoms in total. The van der Waals surface area contributed by atoms with E-state index in [0.29, 0.717) is 18.5 Å².